The van der Waals surface area contributed by atoms with Gasteiger partial charge in [-0.2, -0.15) is 0 Å². The topological polar surface area (TPSA) is 60.9 Å². The van der Waals surface area contributed by atoms with Crippen LogP contribution in [0.2, 0.25) is 0 Å². The number of anilines is 1. The molecule has 0 spiro atoms. The minimum atomic E-state index is -0.870. The van der Waals surface area contributed by atoms with Crippen molar-refractivity contribution in [3.63, 3.8) is 0 Å². The van der Waals surface area contributed by atoms with Gasteiger partial charge in [-0.3, -0.25) is 19.3 Å². The van der Waals surface area contributed by atoms with Crippen molar-refractivity contribution in [2.75, 3.05) is 24.7 Å². The summed E-state index contributed by atoms with van der Waals surface area (Å²) < 4.78 is 0. The molecule has 1 unspecified atom stereocenters. The van der Waals surface area contributed by atoms with E-state index in [1.807, 2.05) is 63.2 Å². The molecule has 30 heavy (non-hydrogen) atoms. The van der Waals surface area contributed by atoms with Gasteiger partial charge in [-0.05, 0) is 38.5 Å². The van der Waals surface area contributed by atoms with Gasteiger partial charge in [0.25, 0.3) is 0 Å². The van der Waals surface area contributed by atoms with Crippen LogP contribution in [0.3, 0.4) is 0 Å². The average Bonchev–Trinajstić information content (AvgIpc) is 3.13. The predicted octanol–water partition coefficient (Wildman–Crippen LogP) is 3.34. The molecule has 158 valence electrons. The molecule has 1 aliphatic rings. The third kappa shape index (κ3) is 4.82. The van der Waals surface area contributed by atoms with Gasteiger partial charge in [0.1, 0.15) is 25.1 Å². The van der Waals surface area contributed by atoms with E-state index in [4.69, 9.17) is 11.6 Å². The lowest BCUT2D eigenvalue weighted by Gasteiger charge is -2.30. The molecular formula is C23H26ClN3O3. The van der Waals surface area contributed by atoms with Crippen LogP contribution in [0, 0.1) is 6.92 Å². The molecule has 1 atom stereocenters. The van der Waals surface area contributed by atoms with Gasteiger partial charge in [-0.25, -0.2) is 0 Å². The summed E-state index contributed by atoms with van der Waals surface area (Å²) in [5.41, 5.74) is 2.53. The summed E-state index contributed by atoms with van der Waals surface area (Å²) in [6.07, 6.45) is 0. The summed E-state index contributed by atoms with van der Waals surface area (Å²) in [5, 5.41) is -0.870. The Labute approximate surface area is 182 Å². The van der Waals surface area contributed by atoms with Crippen LogP contribution in [0.5, 0.6) is 0 Å². The average molecular weight is 428 g/mol. The van der Waals surface area contributed by atoms with E-state index < -0.39 is 5.38 Å². The van der Waals surface area contributed by atoms with Crippen LogP contribution in [0.1, 0.15) is 30.4 Å². The Morgan fingerprint density at radius 3 is 2.30 bits per heavy atom. The van der Waals surface area contributed by atoms with Crippen LogP contribution >= 0.6 is 11.6 Å². The first-order valence-corrected chi connectivity index (χ1v) is 10.4. The van der Waals surface area contributed by atoms with E-state index in [2.05, 4.69) is 0 Å². The van der Waals surface area contributed by atoms with Crippen molar-refractivity contribution in [3.05, 3.63) is 65.7 Å². The molecule has 0 bridgehead atoms. The van der Waals surface area contributed by atoms with Gasteiger partial charge in [0.05, 0.1) is 0 Å². The highest BCUT2D eigenvalue weighted by molar-refractivity contribution is 6.30. The van der Waals surface area contributed by atoms with E-state index in [9.17, 15) is 14.4 Å². The van der Waals surface area contributed by atoms with Crippen LogP contribution in [0.4, 0.5) is 5.69 Å². The quantitative estimate of drug-likeness (QED) is 0.664. The number of rotatable bonds is 6. The molecule has 0 aliphatic carbocycles. The molecular weight excluding hydrogens is 402 g/mol. The fourth-order valence-corrected chi connectivity index (χ4v) is 3.61. The fourth-order valence-electron chi connectivity index (χ4n) is 3.34. The summed E-state index contributed by atoms with van der Waals surface area (Å²) in [6, 6.07) is 16.4. The molecule has 1 saturated heterocycles. The maximum atomic E-state index is 13.0. The highest BCUT2D eigenvalue weighted by Crippen LogP contribution is 2.24. The minimum Gasteiger partial charge on any atom is -0.329 e. The lowest BCUT2D eigenvalue weighted by Crippen LogP contribution is -2.46. The molecule has 0 saturated carbocycles. The summed E-state index contributed by atoms with van der Waals surface area (Å²) in [5.74, 6) is -0.752. The zero-order valence-electron chi connectivity index (χ0n) is 17.4. The Bertz CT molecular complexity index is 915. The molecule has 3 amide bonds. The number of hydrogen-bond donors (Lipinski definition) is 0. The minimum absolute atomic E-state index is 0.00414. The molecule has 1 aliphatic heterocycles. The van der Waals surface area contributed by atoms with Crippen molar-refractivity contribution in [2.24, 2.45) is 0 Å². The van der Waals surface area contributed by atoms with Crippen LogP contribution in [0.15, 0.2) is 54.6 Å². The van der Waals surface area contributed by atoms with Crippen molar-refractivity contribution in [2.45, 2.75) is 32.2 Å². The number of halogens is 1. The summed E-state index contributed by atoms with van der Waals surface area (Å²) in [6.45, 7) is 5.70. The van der Waals surface area contributed by atoms with Gasteiger partial charge in [0.2, 0.25) is 17.7 Å². The predicted molar refractivity (Wildman–Crippen MR) is 117 cm³/mol. The van der Waals surface area contributed by atoms with Gasteiger partial charge in [0, 0.05) is 11.7 Å². The van der Waals surface area contributed by atoms with Crippen molar-refractivity contribution in [1.82, 2.24) is 9.80 Å². The third-order valence-corrected chi connectivity index (χ3v) is 5.60. The molecule has 3 rings (SSSR count). The maximum Gasteiger partial charge on any atom is 0.248 e. The zero-order chi connectivity index (χ0) is 21.8. The first-order chi connectivity index (χ1) is 14.3. The molecule has 0 N–H and O–H groups in total. The van der Waals surface area contributed by atoms with Gasteiger partial charge in [-0.15, -0.1) is 11.6 Å². The standard InChI is InChI=1S/C23H26ClN3O3/c1-16(2)26(23(30)22(24)18-7-5-4-6-8-18)14-20(28)25-13-21(29)27(15-25)19-11-9-17(3)10-12-19/h4-12,16,22H,13-15H2,1-3H3. The van der Waals surface area contributed by atoms with Gasteiger partial charge >= 0.3 is 0 Å². The lowest BCUT2D eigenvalue weighted by atomic mass is 10.1. The number of nitrogens with zero attached hydrogens (tertiary/aromatic N) is 3. The number of amides is 3. The molecule has 7 heteroatoms. The zero-order valence-corrected chi connectivity index (χ0v) is 18.2. The number of aryl methyl sites for hydroxylation is 1. The summed E-state index contributed by atoms with van der Waals surface area (Å²) in [7, 11) is 0. The van der Waals surface area contributed by atoms with E-state index in [0.717, 1.165) is 11.3 Å². The highest BCUT2D eigenvalue weighted by Gasteiger charge is 2.34. The summed E-state index contributed by atoms with van der Waals surface area (Å²) in [4.78, 5) is 42.8. The lowest BCUT2D eigenvalue weighted by molar-refractivity contribution is -0.141. The first kappa shape index (κ1) is 21.8. The second-order valence-electron chi connectivity index (χ2n) is 7.72. The van der Waals surface area contributed by atoms with E-state index in [-0.39, 0.29) is 43.5 Å². The van der Waals surface area contributed by atoms with E-state index in [1.165, 1.54) is 9.80 Å². The van der Waals surface area contributed by atoms with Crippen LogP contribution in [-0.2, 0) is 14.4 Å². The van der Waals surface area contributed by atoms with Crippen LogP contribution in [0.25, 0.3) is 0 Å². The normalized spacial score (nSPS) is 14.9. The molecule has 0 aromatic heterocycles. The smallest absolute Gasteiger partial charge is 0.248 e. The Kier molecular flexibility index (Phi) is 6.77. The number of hydrogen-bond acceptors (Lipinski definition) is 3. The van der Waals surface area contributed by atoms with Crippen molar-refractivity contribution in [1.29, 1.82) is 0 Å². The molecule has 2 aromatic rings. The molecule has 0 radical (unpaired) electrons. The first-order valence-electron chi connectivity index (χ1n) is 9.92. The van der Waals surface area contributed by atoms with Gasteiger partial charge in [-0.1, -0.05) is 48.0 Å². The van der Waals surface area contributed by atoms with Crippen LogP contribution in [-0.4, -0.2) is 53.3 Å². The van der Waals surface area contributed by atoms with E-state index >= 15 is 0 Å². The largest absolute Gasteiger partial charge is 0.329 e. The molecule has 1 fully saturated rings. The maximum absolute atomic E-state index is 13.0. The second kappa shape index (κ2) is 9.30. The van der Waals surface area contributed by atoms with Crippen molar-refractivity contribution < 1.29 is 14.4 Å². The number of carbonyl (C=O) groups is 3. The monoisotopic (exact) mass is 427 g/mol. The highest BCUT2D eigenvalue weighted by atomic mass is 35.5. The fraction of sp³-hybridized carbons (Fsp3) is 0.348. The third-order valence-electron chi connectivity index (χ3n) is 5.16. The SMILES string of the molecule is Cc1ccc(N2CN(C(=O)CN(C(=O)C(Cl)c3ccccc3)C(C)C)CC2=O)cc1. The Hall–Kier alpha value is -2.86. The van der Waals surface area contributed by atoms with Crippen molar-refractivity contribution >= 4 is 35.0 Å². The number of carbonyl (C=O) groups excluding carboxylic acids is 3. The molecule has 1 heterocycles. The Balaban J connectivity index is 1.69. The molecule has 2 aromatic carbocycles. The van der Waals surface area contributed by atoms with Crippen molar-refractivity contribution in [3.8, 4) is 0 Å². The molecule has 6 nitrogen and oxygen atoms in total. The van der Waals surface area contributed by atoms with E-state index in [0.29, 0.717) is 5.56 Å². The number of alkyl halides is 1. The summed E-state index contributed by atoms with van der Waals surface area (Å²) >= 11 is 6.40. The number of benzene rings is 2. The van der Waals surface area contributed by atoms with E-state index in [1.54, 1.807) is 17.0 Å². The Morgan fingerprint density at radius 2 is 1.70 bits per heavy atom. The van der Waals surface area contributed by atoms with Gasteiger partial charge in [0.15, 0.2) is 0 Å². The Morgan fingerprint density at radius 1 is 1.07 bits per heavy atom. The van der Waals surface area contributed by atoms with Crippen LogP contribution < -0.4 is 4.90 Å². The van der Waals surface area contributed by atoms with Gasteiger partial charge < -0.3 is 9.80 Å². The second-order valence-corrected chi connectivity index (χ2v) is 8.16.